The van der Waals surface area contributed by atoms with Gasteiger partial charge < -0.3 is 11.1 Å². The number of amides is 1. The molecule has 3 atom stereocenters. The van der Waals surface area contributed by atoms with Crippen molar-refractivity contribution in [3.8, 4) is 0 Å². The van der Waals surface area contributed by atoms with Gasteiger partial charge in [0.1, 0.15) is 0 Å². The molecule has 0 bridgehead atoms. The largest absolute Gasteiger partial charge is 0.359 e. The number of nitrogens with one attached hydrogen (secondary N) is 1. The molecule has 122 valence electrons. The van der Waals surface area contributed by atoms with E-state index in [0.717, 1.165) is 25.2 Å². The average molecular weight is 294 g/mol. The lowest BCUT2D eigenvalue weighted by Crippen LogP contribution is -2.33. The summed E-state index contributed by atoms with van der Waals surface area (Å²) >= 11 is 0. The lowest BCUT2D eigenvalue weighted by atomic mass is 9.77. The van der Waals surface area contributed by atoms with E-state index in [2.05, 4.69) is 5.32 Å². The quantitative estimate of drug-likeness (QED) is 0.786. The van der Waals surface area contributed by atoms with Crippen LogP contribution in [0.3, 0.4) is 0 Å². The Balaban J connectivity index is 1.80. The van der Waals surface area contributed by atoms with Gasteiger partial charge in [0, 0.05) is 19.0 Å². The normalized spacial score (nSPS) is 29.0. The zero-order chi connectivity index (χ0) is 15.1. The first-order valence-corrected chi connectivity index (χ1v) is 9.16. The van der Waals surface area contributed by atoms with Gasteiger partial charge in [-0.05, 0) is 43.9 Å². The van der Waals surface area contributed by atoms with Crippen molar-refractivity contribution in [2.45, 2.75) is 83.1 Å². The summed E-state index contributed by atoms with van der Waals surface area (Å²) in [6.07, 6.45) is 15.2. The van der Waals surface area contributed by atoms with Crippen molar-refractivity contribution in [3.05, 3.63) is 0 Å². The van der Waals surface area contributed by atoms with Gasteiger partial charge in [0.05, 0.1) is 0 Å². The molecule has 1 amide bonds. The molecular formula is C18H34N2O. The lowest BCUT2D eigenvalue weighted by Gasteiger charge is -2.30. The number of nitrogens with two attached hydrogens (primary N) is 1. The second-order valence-electron chi connectivity index (χ2n) is 7.42. The van der Waals surface area contributed by atoms with E-state index in [1.54, 1.807) is 7.05 Å². The van der Waals surface area contributed by atoms with E-state index in [9.17, 15) is 4.79 Å². The Labute approximate surface area is 130 Å². The third-order valence-corrected chi connectivity index (χ3v) is 5.71. The maximum absolute atomic E-state index is 12.2. The fourth-order valence-electron chi connectivity index (χ4n) is 4.42. The molecule has 0 aliphatic heterocycles. The molecule has 2 rings (SSSR count). The van der Waals surface area contributed by atoms with Crippen LogP contribution >= 0.6 is 0 Å². The molecule has 0 saturated heterocycles. The minimum Gasteiger partial charge on any atom is -0.359 e. The van der Waals surface area contributed by atoms with Crippen molar-refractivity contribution in [2.24, 2.45) is 23.5 Å². The number of carbonyl (C=O) groups is 1. The SMILES string of the molecule is CNC(=O)C(CCC1CCCCC1)C[C@H]1CCC[C@@H](N)C1. The zero-order valence-corrected chi connectivity index (χ0v) is 13.8. The highest BCUT2D eigenvalue weighted by molar-refractivity contribution is 5.78. The van der Waals surface area contributed by atoms with Gasteiger partial charge in [0.2, 0.25) is 5.91 Å². The van der Waals surface area contributed by atoms with Crippen LogP contribution in [-0.2, 0) is 4.79 Å². The highest BCUT2D eigenvalue weighted by Crippen LogP contribution is 2.33. The van der Waals surface area contributed by atoms with Gasteiger partial charge in [-0.1, -0.05) is 44.9 Å². The molecule has 0 aromatic rings. The van der Waals surface area contributed by atoms with E-state index in [4.69, 9.17) is 5.73 Å². The van der Waals surface area contributed by atoms with Gasteiger partial charge in [-0.15, -0.1) is 0 Å². The van der Waals surface area contributed by atoms with E-state index in [1.165, 1.54) is 57.8 Å². The standard InChI is InChI=1S/C18H34N2O/c1-20-18(21)16(11-10-14-6-3-2-4-7-14)12-15-8-5-9-17(19)13-15/h14-17H,2-13,19H2,1H3,(H,20,21)/t15-,16?,17-/m1/s1. The molecule has 2 aliphatic carbocycles. The van der Waals surface area contributed by atoms with Crippen molar-refractivity contribution in [2.75, 3.05) is 7.05 Å². The number of hydrogen-bond donors (Lipinski definition) is 2. The van der Waals surface area contributed by atoms with Crippen LogP contribution in [-0.4, -0.2) is 19.0 Å². The third-order valence-electron chi connectivity index (χ3n) is 5.71. The summed E-state index contributed by atoms with van der Waals surface area (Å²) in [5.74, 6) is 2.01. The first-order valence-electron chi connectivity index (χ1n) is 9.16. The maximum Gasteiger partial charge on any atom is 0.222 e. The first-order chi connectivity index (χ1) is 10.2. The Morgan fingerprint density at radius 2 is 1.81 bits per heavy atom. The Morgan fingerprint density at radius 3 is 2.48 bits per heavy atom. The molecule has 0 heterocycles. The molecule has 3 N–H and O–H groups in total. The third kappa shape index (κ3) is 5.61. The molecular weight excluding hydrogens is 260 g/mol. The summed E-state index contributed by atoms with van der Waals surface area (Å²) in [5.41, 5.74) is 6.10. The summed E-state index contributed by atoms with van der Waals surface area (Å²) in [4.78, 5) is 12.2. The second-order valence-corrected chi connectivity index (χ2v) is 7.42. The summed E-state index contributed by atoms with van der Waals surface area (Å²) in [5, 5.41) is 2.88. The predicted octanol–water partition coefficient (Wildman–Crippen LogP) is 3.62. The Morgan fingerprint density at radius 1 is 1.10 bits per heavy atom. The molecule has 0 radical (unpaired) electrons. The molecule has 2 saturated carbocycles. The smallest absolute Gasteiger partial charge is 0.222 e. The lowest BCUT2D eigenvalue weighted by molar-refractivity contribution is -0.125. The summed E-state index contributed by atoms with van der Waals surface area (Å²) in [6.45, 7) is 0. The van der Waals surface area contributed by atoms with E-state index in [1.807, 2.05) is 0 Å². The van der Waals surface area contributed by atoms with E-state index < -0.39 is 0 Å². The molecule has 1 unspecified atom stereocenters. The topological polar surface area (TPSA) is 55.1 Å². The molecule has 2 fully saturated rings. The van der Waals surface area contributed by atoms with E-state index in [0.29, 0.717) is 12.0 Å². The van der Waals surface area contributed by atoms with Crippen LogP contribution in [0, 0.1) is 17.8 Å². The molecule has 0 aromatic heterocycles. The van der Waals surface area contributed by atoms with E-state index >= 15 is 0 Å². The molecule has 0 aromatic carbocycles. The monoisotopic (exact) mass is 294 g/mol. The van der Waals surface area contributed by atoms with Crippen LogP contribution < -0.4 is 11.1 Å². The van der Waals surface area contributed by atoms with Crippen molar-refractivity contribution in [1.82, 2.24) is 5.32 Å². The molecule has 2 aliphatic rings. The van der Waals surface area contributed by atoms with Gasteiger partial charge in [-0.3, -0.25) is 4.79 Å². The fraction of sp³-hybridized carbons (Fsp3) is 0.944. The van der Waals surface area contributed by atoms with Gasteiger partial charge in [-0.25, -0.2) is 0 Å². The number of carbonyl (C=O) groups excluding carboxylic acids is 1. The second kappa shape index (κ2) is 8.77. The molecule has 21 heavy (non-hydrogen) atoms. The molecule has 3 heteroatoms. The summed E-state index contributed by atoms with van der Waals surface area (Å²) < 4.78 is 0. The van der Waals surface area contributed by atoms with E-state index in [-0.39, 0.29) is 11.8 Å². The summed E-state index contributed by atoms with van der Waals surface area (Å²) in [7, 11) is 1.78. The Kier molecular flexibility index (Phi) is 7.01. The van der Waals surface area contributed by atoms with Crippen molar-refractivity contribution >= 4 is 5.91 Å². The van der Waals surface area contributed by atoms with Crippen LogP contribution in [0.2, 0.25) is 0 Å². The van der Waals surface area contributed by atoms with Gasteiger partial charge >= 0.3 is 0 Å². The van der Waals surface area contributed by atoms with Gasteiger partial charge in [0.25, 0.3) is 0 Å². The maximum atomic E-state index is 12.2. The van der Waals surface area contributed by atoms with Crippen LogP contribution in [0.5, 0.6) is 0 Å². The van der Waals surface area contributed by atoms with Gasteiger partial charge in [0.15, 0.2) is 0 Å². The minimum atomic E-state index is 0.215. The summed E-state index contributed by atoms with van der Waals surface area (Å²) in [6, 6.07) is 0.368. The highest BCUT2D eigenvalue weighted by Gasteiger charge is 2.27. The van der Waals surface area contributed by atoms with Crippen LogP contribution in [0.25, 0.3) is 0 Å². The zero-order valence-electron chi connectivity index (χ0n) is 13.8. The van der Waals surface area contributed by atoms with Crippen molar-refractivity contribution in [1.29, 1.82) is 0 Å². The van der Waals surface area contributed by atoms with Crippen molar-refractivity contribution < 1.29 is 4.79 Å². The Bertz CT molecular complexity index is 312. The minimum absolute atomic E-state index is 0.215. The molecule has 3 nitrogen and oxygen atoms in total. The van der Waals surface area contributed by atoms with Crippen LogP contribution in [0.1, 0.15) is 77.0 Å². The highest BCUT2D eigenvalue weighted by atomic mass is 16.1. The van der Waals surface area contributed by atoms with Crippen LogP contribution in [0.15, 0.2) is 0 Å². The average Bonchev–Trinajstić information content (AvgIpc) is 2.51. The number of rotatable bonds is 6. The number of hydrogen-bond acceptors (Lipinski definition) is 2. The van der Waals surface area contributed by atoms with Gasteiger partial charge in [-0.2, -0.15) is 0 Å². The first kappa shape index (κ1) is 16.8. The fourth-order valence-corrected chi connectivity index (χ4v) is 4.42. The predicted molar refractivity (Wildman–Crippen MR) is 87.9 cm³/mol. The molecule has 0 spiro atoms. The Hall–Kier alpha value is -0.570. The van der Waals surface area contributed by atoms with Crippen LogP contribution in [0.4, 0.5) is 0 Å². The van der Waals surface area contributed by atoms with Crippen molar-refractivity contribution in [3.63, 3.8) is 0 Å².